The van der Waals surface area contributed by atoms with E-state index in [0.717, 1.165) is 30.0 Å². The van der Waals surface area contributed by atoms with Gasteiger partial charge in [0, 0.05) is 31.0 Å². The van der Waals surface area contributed by atoms with Crippen LogP contribution in [-0.2, 0) is 15.1 Å². The molecule has 1 aromatic carbocycles. The molecule has 6 heteroatoms. The van der Waals surface area contributed by atoms with E-state index in [1.54, 1.807) is 12.1 Å². The van der Waals surface area contributed by atoms with E-state index in [1.165, 1.54) is 5.69 Å². The van der Waals surface area contributed by atoms with E-state index in [4.69, 9.17) is 4.74 Å². The lowest BCUT2D eigenvalue weighted by Gasteiger charge is -2.46. The van der Waals surface area contributed by atoms with Crippen LogP contribution in [0.2, 0.25) is 0 Å². The van der Waals surface area contributed by atoms with Crippen LogP contribution in [0.5, 0.6) is 5.75 Å². The van der Waals surface area contributed by atoms with Crippen LogP contribution in [0.15, 0.2) is 60.5 Å². The minimum absolute atomic E-state index is 0.107. The van der Waals surface area contributed by atoms with Gasteiger partial charge in [0.25, 0.3) is 0 Å². The van der Waals surface area contributed by atoms with Crippen LogP contribution in [0, 0.1) is 5.92 Å². The Kier molecular flexibility index (Phi) is 4.57. The van der Waals surface area contributed by atoms with Crippen molar-refractivity contribution < 1.29 is 14.6 Å². The monoisotopic (exact) mass is 405 g/mol. The van der Waals surface area contributed by atoms with Crippen molar-refractivity contribution in [2.45, 2.75) is 31.7 Å². The van der Waals surface area contributed by atoms with Crippen molar-refractivity contribution in [3.05, 3.63) is 66.2 Å². The summed E-state index contributed by atoms with van der Waals surface area (Å²) in [6.07, 6.45) is 10.3. The first-order valence-electron chi connectivity index (χ1n) is 10.7. The summed E-state index contributed by atoms with van der Waals surface area (Å²) in [7, 11) is 0. The van der Waals surface area contributed by atoms with Crippen molar-refractivity contribution in [2.24, 2.45) is 5.92 Å². The molecule has 3 aliphatic rings. The number of rotatable bonds is 3. The number of benzene rings is 1. The van der Waals surface area contributed by atoms with Gasteiger partial charge in [0.2, 0.25) is 5.91 Å². The predicted octanol–water partition coefficient (Wildman–Crippen LogP) is 3.92. The third kappa shape index (κ3) is 3.07. The Labute approximate surface area is 176 Å². The number of anilines is 1. The highest BCUT2D eigenvalue weighted by Gasteiger charge is 2.42. The lowest BCUT2D eigenvalue weighted by atomic mass is 9.82. The average molecular weight is 405 g/mol. The number of hydrogen-bond acceptors (Lipinski definition) is 4. The van der Waals surface area contributed by atoms with Gasteiger partial charge in [-0.1, -0.05) is 6.08 Å². The number of aromatic nitrogens is 1. The molecule has 1 fully saturated rings. The molecule has 2 N–H and O–H groups in total. The van der Waals surface area contributed by atoms with Gasteiger partial charge in [0.15, 0.2) is 0 Å². The maximum atomic E-state index is 13.1. The average Bonchev–Trinajstić information content (AvgIpc) is 3.26. The molecule has 156 valence electrons. The van der Waals surface area contributed by atoms with Crippen LogP contribution in [-0.4, -0.2) is 40.2 Å². The number of nitrogens with zero attached hydrogens (tertiary/aromatic N) is 2. The highest BCUT2D eigenvalue weighted by molar-refractivity contribution is 5.81. The lowest BCUT2D eigenvalue weighted by molar-refractivity contribution is -0.135. The molecule has 30 heavy (non-hydrogen) atoms. The number of phenolic OH excluding ortho intramolecular Hbond substituents is 1. The summed E-state index contributed by atoms with van der Waals surface area (Å²) in [5, 5.41) is 13.7. The Morgan fingerprint density at radius 2 is 2.13 bits per heavy atom. The number of piperidine rings is 1. The zero-order chi connectivity index (χ0) is 20.7. The van der Waals surface area contributed by atoms with Crippen molar-refractivity contribution >= 4 is 11.6 Å². The normalized spacial score (nSPS) is 21.4. The second kappa shape index (κ2) is 7.27. The summed E-state index contributed by atoms with van der Waals surface area (Å²) in [6.45, 7) is 4.01. The fourth-order valence-corrected chi connectivity index (χ4v) is 4.92. The molecule has 1 aromatic heterocycles. The van der Waals surface area contributed by atoms with Crippen molar-refractivity contribution in [1.82, 2.24) is 9.47 Å². The Morgan fingerprint density at radius 3 is 2.87 bits per heavy atom. The molecule has 1 atom stereocenters. The van der Waals surface area contributed by atoms with Crippen LogP contribution in [0.25, 0.3) is 5.69 Å². The quantitative estimate of drug-likeness (QED) is 0.812. The molecule has 2 aliphatic heterocycles. The minimum atomic E-state index is -0.231. The van der Waals surface area contributed by atoms with E-state index in [9.17, 15) is 9.90 Å². The number of nitrogens with one attached hydrogen (secondary N) is 1. The standard InChI is InChI=1S/C24H27N3O3/c1-2-30-19-8-5-17(6-9-19)23(29)26-14-11-24(12-15-26)22-4-3-13-27(22)21-10-7-18(28)16-20(21)25-24/h3-5,7-10,13,16-17,25,28H,2,6,11-12,14-15H2,1H3. The number of ether oxygens (including phenoxy) is 1. The van der Waals surface area contributed by atoms with Gasteiger partial charge in [-0.15, -0.1) is 0 Å². The molecule has 0 bridgehead atoms. The molecule has 1 spiro atoms. The summed E-state index contributed by atoms with van der Waals surface area (Å²) in [6, 6.07) is 9.66. The van der Waals surface area contributed by atoms with Crippen LogP contribution < -0.4 is 5.32 Å². The van der Waals surface area contributed by atoms with Gasteiger partial charge >= 0.3 is 0 Å². The number of allylic oxidation sites excluding steroid dienone is 2. The van der Waals surface area contributed by atoms with E-state index in [0.29, 0.717) is 26.1 Å². The number of fused-ring (bicyclic) bond motifs is 4. The SMILES string of the molecule is CCOC1=CCC(C(=O)N2CCC3(CC2)Nc2cc(O)ccc2-n2cccc23)C=C1. The second-order valence-corrected chi connectivity index (χ2v) is 8.24. The van der Waals surface area contributed by atoms with E-state index < -0.39 is 0 Å². The first-order valence-corrected chi connectivity index (χ1v) is 10.7. The highest BCUT2D eigenvalue weighted by atomic mass is 16.5. The molecule has 1 amide bonds. The zero-order valence-corrected chi connectivity index (χ0v) is 17.2. The Balaban J connectivity index is 1.32. The molecule has 1 saturated heterocycles. The largest absolute Gasteiger partial charge is 0.508 e. The van der Waals surface area contributed by atoms with Gasteiger partial charge in [0.05, 0.1) is 29.4 Å². The van der Waals surface area contributed by atoms with Gasteiger partial charge in [0.1, 0.15) is 11.5 Å². The molecular formula is C24H27N3O3. The molecule has 0 saturated carbocycles. The predicted molar refractivity (Wildman–Crippen MR) is 116 cm³/mol. The van der Waals surface area contributed by atoms with Gasteiger partial charge in [-0.25, -0.2) is 0 Å². The molecular weight excluding hydrogens is 378 g/mol. The van der Waals surface area contributed by atoms with Crippen LogP contribution >= 0.6 is 0 Å². The number of aromatic hydroxyl groups is 1. The number of hydrogen-bond donors (Lipinski definition) is 2. The fraction of sp³-hybridized carbons (Fsp3) is 0.375. The van der Waals surface area contributed by atoms with Crippen molar-refractivity contribution in [3.8, 4) is 11.4 Å². The van der Waals surface area contributed by atoms with E-state index in [-0.39, 0.29) is 23.1 Å². The van der Waals surface area contributed by atoms with Crippen molar-refractivity contribution in [1.29, 1.82) is 0 Å². The first kappa shape index (κ1) is 18.9. The number of phenols is 1. The van der Waals surface area contributed by atoms with E-state index in [1.807, 2.05) is 36.1 Å². The topological polar surface area (TPSA) is 66.7 Å². The summed E-state index contributed by atoms with van der Waals surface area (Å²) in [5.41, 5.74) is 2.96. The number of carbonyl (C=O) groups is 1. The molecule has 3 heterocycles. The third-order valence-electron chi connectivity index (χ3n) is 6.48. The second-order valence-electron chi connectivity index (χ2n) is 8.24. The van der Waals surface area contributed by atoms with E-state index in [2.05, 4.69) is 28.2 Å². The Hall–Kier alpha value is -3.15. The molecule has 0 radical (unpaired) electrons. The summed E-state index contributed by atoms with van der Waals surface area (Å²) in [5.74, 6) is 1.19. The molecule has 6 nitrogen and oxygen atoms in total. The Morgan fingerprint density at radius 1 is 1.30 bits per heavy atom. The maximum Gasteiger partial charge on any atom is 0.229 e. The summed E-state index contributed by atoms with van der Waals surface area (Å²) < 4.78 is 7.72. The van der Waals surface area contributed by atoms with Crippen molar-refractivity contribution in [3.63, 3.8) is 0 Å². The van der Waals surface area contributed by atoms with Crippen LogP contribution in [0.3, 0.4) is 0 Å². The van der Waals surface area contributed by atoms with Crippen LogP contribution in [0.4, 0.5) is 5.69 Å². The molecule has 2 aromatic rings. The molecule has 5 rings (SSSR count). The van der Waals surface area contributed by atoms with Crippen molar-refractivity contribution in [2.75, 3.05) is 25.0 Å². The number of carbonyl (C=O) groups excluding carboxylic acids is 1. The zero-order valence-electron chi connectivity index (χ0n) is 17.2. The lowest BCUT2D eigenvalue weighted by Crippen LogP contribution is -2.52. The maximum absolute atomic E-state index is 13.1. The van der Waals surface area contributed by atoms with Gasteiger partial charge < -0.3 is 24.6 Å². The summed E-state index contributed by atoms with van der Waals surface area (Å²) >= 11 is 0. The van der Waals surface area contributed by atoms with Gasteiger partial charge in [-0.3, -0.25) is 4.79 Å². The third-order valence-corrected chi connectivity index (χ3v) is 6.48. The number of likely N-dealkylation sites (tertiary alicyclic amines) is 1. The fourth-order valence-electron chi connectivity index (χ4n) is 4.92. The minimum Gasteiger partial charge on any atom is -0.508 e. The van der Waals surface area contributed by atoms with E-state index >= 15 is 0 Å². The van der Waals surface area contributed by atoms with Crippen LogP contribution in [0.1, 0.15) is 31.9 Å². The smallest absolute Gasteiger partial charge is 0.229 e. The Bertz CT molecular complexity index is 1030. The molecule has 1 aliphatic carbocycles. The van der Waals surface area contributed by atoms with Gasteiger partial charge in [-0.05, 0) is 62.6 Å². The highest BCUT2D eigenvalue weighted by Crippen LogP contribution is 2.44. The first-order chi connectivity index (χ1) is 14.6. The van der Waals surface area contributed by atoms with Gasteiger partial charge in [-0.2, -0.15) is 0 Å². The molecule has 1 unspecified atom stereocenters. The number of amides is 1. The summed E-state index contributed by atoms with van der Waals surface area (Å²) in [4.78, 5) is 15.1.